The van der Waals surface area contributed by atoms with Crippen LogP contribution in [0, 0.1) is 0 Å². The summed E-state index contributed by atoms with van der Waals surface area (Å²) in [7, 11) is 3.35. The van der Waals surface area contributed by atoms with E-state index in [0.29, 0.717) is 29.0 Å². The lowest BCUT2D eigenvalue weighted by Gasteiger charge is -2.21. The first kappa shape index (κ1) is 23.5. The molecule has 0 atom stereocenters. The van der Waals surface area contributed by atoms with Gasteiger partial charge in [-0.1, -0.05) is 30.3 Å². The topological polar surface area (TPSA) is 81.8 Å². The van der Waals surface area contributed by atoms with Crippen molar-refractivity contribution in [2.45, 2.75) is 6.92 Å². The van der Waals surface area contributed by atoms with Gasteiger partial charge in [0.15, 0.2) is 0 Å². The van der Waals surface area contributed by atoms with Crippen LogP contribution in [0.25, 0.3) is 0 Å². The highest BCUT2D eigenvalue weighted by Crippen LogP contribution is 2.19. The van der Waals surface area contributed by atoms with Crippen LogP contribution in [0.15, 0.2) is 78.9 Å². The number of rotatable bonds is 8. The van der Waals surface area contributed by atoms with Crippen molar-refractivity contribution in [2.24, 2.45) is 0 Å². The molecule has 0 aliphatic rings. The molecule has 0 spiro atoms. The van der Waals surface area contributed by atoms with Crippen LogP contribution in [-0.2, 0) is 4.79 Å². The Morgan fingerprint density at radius 3 is 2.00 bits per heavy atom. The number of para-hydroxylation sites is 1. The summed E-state index contributed by atoms with van der Waals surface area (Å²) in [5, 5.41) is 5.84. The lowest BCUT2D eigenvalue weighted by Crippen LogP contribution is -2.30. The van der Waals surface area contributed by atoms with Gasteiger partial charge in [-0.15, -0.1) is 0 Å². The van der Waals surface area contributed by atoms with Gasteiger partial charge in [-0.05, 0) is 55.5 Å². The number of carbonyl (C=O) groups excluding carboxylic acids is 3. The van der Waals surface area contributed by atoms with Crippen molar-refractivity contribution in [1.82, 2.24) is 4.90 Å². The maximum absolute atomic E-state index is 13.0. The van der Waals surface area contributed by atoms with Gasteiger partial charge < -0.3 is 20.4 Å². The third kappa shape index (κ3) is 6.20. The number of hydrogen-bond acceptors (Lipinski definition) is 4. The van der Waals surface area contributed by atoms with Crippen molar-refractivity contribution in [1.29, 1.82) is 0 Å². The first-order valence-corrected chi connectivity index (χ1v) is 10.7. The second kappa shape index (κ2) is 10.9. The Morgan fingerprint density at radius 1 is 0.758 bits per heavy atom. The van der Waals surface area contributed by atoms with Crippen molar-refractivity contribution in [3.8, 4) is 0 Å². The van der Waals surface area contributed by atoms with Crippen molar-refractivity contribution in [3.63, 3.8) is 0 Å². The average Bonchev–Trinajstić information content (AvgIpc) is 2.83. The number of nitrogens with one attached hydrogen (secondary N) is 2. The molecule has 0 saturated carbocycles. The summed E-state index contributed by atoms with van der Waals surface area (Å²) in [6, 6.07) is 23.4. The summed E-state index contributed by atoms with van der Waals surface area (Å²) >= 11 is 0. The zero-order valence-electron chi connectivity index (χ0n) is 19.0. The summed E-state index contributed by atoms with van der Waals surface area (Å²) < 4.78 is 0. The summed E-state index contributed by atoms with van der Waals surface area (Å²) in [6.45, 7) is 2.48. The molecule has 0 aromatic heterocycles. The SMILES string of the molecule is CCN(C(=O)c1cccc(NCC(=O)Nc2cccc(C(=O)N(C)C)c2)c1)c1ccccc1. The van der Waals surface area contributed by atoms with Gasteiger partial charge >= 0.3 is 0 Å². The number of carbonyl (C=O) groups is 3. The Morgan fingerprint density at radius 2 is 1.36 bits per heavy atom. The molecule has 33 heavy (non-hydrogen) atoms. The van der Waals surface area contributed by atoms with Gasteiger partial charge in [0, 0.05) is 48.8 Å². The van der Waals surface area contributed by atoms with Gasteiger partial charge in [-0.25, -0.2) is 0 Å². The third-order valence-corrected chi connectivity index (χ3v) is 4.99. The van der Waals surface area contributed by atoms with E-state index >= 15 is 0 Å². The lowest BCUT2D eigenvalue weighted by molar-refractivity contribution is -0.114. The summed E-state index contributed by atoms with van der Waals surface area (Å²) in [4.78, 5) is 40.7. The Bertz CT molecular complexity index is 1130. The van der Waals surface area contributed by atoms with Crippen LogP contribution in [0.3, 0.4) is 0 Å². The monoisotopic (exact) mass is 444 g/mol. The van der Waals surface area contributed by atoms with Crippen LogP contribution in [0.4, 0.5) is 17.1 Å². The van der Waals surface area contributed by atoms with Crippen LogP contribution in [0.5, 0.6) is 0 Å². The van der Waals surface area contributed by atoms with Gasteiger partial charge in [-0.3, -0.25) is 14.4 Å². The molecule has 3 aromatic carbocycles. The maximum atomic E-state index is 13.0. The second-order valence-electron chi connectivity index (χ2n) is 7.65. The Labute approximate surface area is 194 Å². The molecule has 0 heterocycles. The molecule has 0 unspecified atom stereocenters. The molecular weight excluding hydrogens is 416 g/mol. The Balaban J connectivity index is 1.63. The number of hydrogen-bond donors (Lipinski definition) is 2. The largest absolute Gasteiger partial charge is 0.376 e. The molecule has 2 N–H and O–H groups in total. The minimum atomic E-state index is -0.263. The van der Waals surface area contributed by atoms with Gasteiger partial charge in [0.05, 0.1) is 6.54 Å². The van der Waals surface area contributed by atoms with E-state index in [1.54, 1.807) is 67.5 Å². The average molecular weight is 445 g/mol. The van der Waals surface area contributed by atoms with Gasteiger partial charge in [0.25, 0.3) is 11.8 Å². The number of nitrogens with zero attached hydrogens (tertiary/aromatic N) is 2. The molecule has 0 fully saturated rings. The van der Waals surface area contributed by atoms with E-state index in [-0.39, 0.29) is 24.3 Å². The fourth-order valence-corrected chi connectivity index (χ4v) is 3.35. The predicted octanol–water partition coefficient (Wildman–Crippen LogP) is 4.11. The van der Waals surface area contributed by atoms with E-state index in [4.69, 9.17) is 0 Å². The molecule has 7 heteroatoms. The first-order chi connectivity index (χ1) is 15.9. The highest BCUT2D eigenvalue weighted by atomic mass is 16.2. The molecule has 0 radical (unpaired) electrons. The highest BCUT2D eigenvalue weighted by Gasteiger charge is 2.16. The van der Waals surface area contributed by atoms with E-state index < -0.39 is 0 Å². The number of amides is 3. The predicted molar refractivity (Wildman–Crippen MR) is 132 cm³/mol. The molecular formula is C26H28N4O3. The molecule has 0 saturated heterocycles. The van der Waals surface area contributed by atoms with E-state index in [1.165, 1.54) is 4.90 Å². The normalized spacial score (nSPS) is 10.3. The molecule has 7 nitrogen and oxygen atoms in total. The smallest absolute Gasteiger partial charge is 0.258 e. The molecule has 3 rings (SSSR count). The molecule has 3 aromatic rings. The van der Waals surface area contributed by atoms with Gasteiger partial charge in [0.2, 0.25) is 5.91 Å². The lowest BCUT2D eigenvalue weighted by atomic mass is 10.1. The Hall–Kier alpha value is -4.13. The van der Waals surface area contributed by atoms with Gasteiger partial charge in [0.1, 0.15) is 0 Å². The zero-order chi connectivity index (χ0) is 23.8. The van der Waals surface area contributed by atoms with E-state index in [1.807, 2.05) is 37.3 Å². The first-order valence-electron chi connectivity index (χ1n) is 10.7. The van der Waals surface area contributed by atoms with Crippen molar-refractivity contribution < 1.29 is 14.4 Å². The fraction of sp³-hybridized carbons (Fsp3) is 0.192. The minimum Gasteiger partial charge on any atom is -0.376 e. The van der Waals surface area contributed by atoms with Crippen LogP contribution in [0.1, 0.15) is 27.6 Å². The fourth-order valence-electron chi connectivity index (χ4n) is 3.35. The van der Waals surface area contributed by atoms with Crippen LogP contribution >= 0.6 is 0 Å². The molecule has 0 bridgehead atoms. The van der Waals surface area contributed by atoms with E-state index in [9.17, 15) is 14.4 Å². The van der Waals surface area contributed by atoms with Crippen molar-refractivity contribution in [2.75, 3.05) is 42.7 Å². The highest BCUT2D eigenvalue weighted by molar-refractivity contribution is 6.06. The zero-order valence-corrected chi connectivity index (χ0v) is 19.0. The molecule has 170 valence electrons. The number of benzene rings is 3. The third-order valence-electron chi connectivity index (χ3n) is 4.99. The van der Waals surface area contributed by atoms with Crippen LogP contribution < -0.4 is 15.5 Å². The maximum Gasteiger partial charge on any atom is 0.258 e. The summed E-state index contributed by atoms with van der Waals surface area (Å²) in [5.41, 5.74) is 3.06. The van der Waals surface area contributed by atoms with E-state index in [0.717, 1.165) is 5.69 Å². The number of anilines is 3. The van der Waals surface area contributed by atoms with E-state index in [2.05, 4.69) is 10.6 Å². The van der Waals surface area contributed by atoms with Gasteiger partial charge in [-0.2, -0.15) is 0 Å². The minimum absolute atomic E-state index is 0.0136. The van der Waals surface area contributed by atoms with Crippen molar-refractivity contribution in [3.05, 3.63) is 90.0 Å². The second-order valence-corrected chi connectivity index (χ2v) is 7.65. The molecule has 0 aliphatic carbocycles. The summed E-state index contributed by atoms with van der Waals surface area (Å²) in [5.74, 6) is -0.512. The van der Waals surface area contributed by atoms with Crippen molar-refractivity contribution >= 4 is 34.8 Å². The molecule has 0 aliphatic heterocycles. The summed E-state index contributed by atoms with van der Waals surface area (Å²) in [6.07, 6.45) is 0. The van der Waals surface area contributed by atoms with Crippen LogP contribution in [0.2, 0.25) is 0 Å². The standard InChI is InChI=1S/C26H28N4O3/c1-4-30(23-14-6-5-7-15-23)26(33)20-11-8-12-21(16-20)27-18-24(31)28-22-13-9-10-19(17-22)25(32)29(2)3/h5-17,27H,4,18H2,1-3H3,(H,28,31). The molecule has 3 amide bonds. The van der Waals surface area contributed by atoms with Crippen LogP contribution in [-0.4, -0.2) is 49.8 Å². The Kier molecular flexibility index (Phi) is 7.81. The quantitative estimate of drug-likeness (QED) is 0.548.